The third-order valence-electron chi connectivity index (χ3n) is 6.15. The maximum atomic E-state index is 13.0. The fourth-order valence-corrected chi connectivity index (χ4v) is 5.13. The highest BCUT2D eigenvalue weighted by Gasteiger charge is 2.42. The number of rotatable bonds is 3. The lowest BCUT2D eigenvalue weighted by molar-refractivity contribution is -0.144. The number of likely N-dealkylation sites (tertiary alicyclic amines) is 1. The molecule has 2 fully saturated rings. The zero-order valence-corrected chi connectivity index (χ0v) is 16.4. The molecule has 0 radical (unpaired) electrons. The predicted octanol–water partition coefficient (Wildman–Crippen LogP) is 5.51. The number of amides is 1. The van der Waals surface area contributed by atoms with Gasteiger partial charge in [-0.3, -0.25) is 4.79 Å². The Morgan fingerprint density at radius 1 is 1.41 bits per heavy atom. The third-order valence-corrected chi connectivity index (χ3v) is 6.96. The van der Waals surface area contributed by atoms with Gasteiger partial charge in [-0.05, 0) is 55.7 Å². The summed E-state index contributed by atoms with van der Waals surface area (Å²) in [5, 5.41) is 12.5. The third kappa shape index (κ3) is 3.72. The summed E-state index contributed by atoms with van der Waals surface area (Å²) >= 11 is 12.6. The number of H-pyrrole nitrogens is 1. The fourth-order valence-electron chi connectivity index (χ4n) is 4.70. The quantitative estimate of drug-likeness (QED) is 0.700. The standard InChI is InChI=1S/C20H24Cl2N2O2.CH4/c1-12(14-11-23-16-5-4-15(21)19(22)18(14)16)9-17(25)24-8-7-20(26)6-2-3-13(24)10-20;/h4-5,11-13,23,26H,2-3,6-10H2,1H3;1H4. The van der Waals surface area contributed by atoms with Crippen LogP contribution in [0.2, 0.25) is 10.0 Å². The highest BCUT2D eigenvalue weighted by Crippen LogP contribution is 2.40. The number of nitrogens with one attached hydrogen (secondary N) is 1. The van der Waals surface area contributed by atoms with E-state index in [0.29, 0.717) is 29.4 Å². The molecule has 1 amide bonds. The Kier molecular flexibility index (Phi) is 5.81. The highest BCUT2D eigenvalue weighted by molar-refractivity contribution is 6.45. The molecule has 2 N–H and O–H groups in total. The van der Waals surface area contributed by atoms with E-state index in [0.717, 1.165) is 42.1 Å². The molecule has 2 aliphatic rings. The Morgan fingerprint density at radius 3 is 2.96 bits per heavy atom. The van der Waals surface area contributed by atoms with Crippen molar-refractivity contribution in [1.82, 2.24) is 9.88 Å². The number of hydrogen-bond acceptors (Lipinski definition) is 2. The van der Waals surface area contributed by atoms with E-state index in [4.69, 9.17) is 23.2 Å². The van der Waals surface area contributed by atoms with Gasteiger partial charge in [0, 0.05) is 36.1 Å². The Bertz CT molecular complexity index is 850. The van der Waals surface area contributed by atoms with Crippen LogP contribution in [-0.4, -0.2) is 39.1 Å². The molecule has 1 saturated heterocycles. The number of halogens is 2. The van der Waals surface area contributed by atoms with Crippen LogP contribution in [0.3, 0.4) is 0 Å². The summed E-state index contributed by atoms with van der Waals surface area (Å²) in [5.74, 6) is 0.204. The van der Waals surface area contributed by atoms with E-state index in [1.165, 1.54) is 0 Å². The fraction of sp³-hybridized carbons (Fsp3) is 0.571. The summed E-state index contributed by atoms with van der Waals surface area (Å²) in [5.41, 5.74) is 1.41. The van der Waals surface area contributed by atoms with Gasteiger partial charge in [0.1, 0.15) is 0 Å². The van der Waals surface area contributed by atoms with Crippen LogP contribution < -0.4 is 0 Å². The Hall–Kier alpha value is -1.23. The molecule has 2 heterocycles. The number of fused-ring (bicyclic) bond motifs is 3. The molecule has 3 atom stereocenters. The van der Waals surface area contributed by atoms with Crippen molar-refractivity contribution >= 4 is 40.0 Å². The number of hydrogen-bond donors (Lipinski definition) is 2. The molecule has 1 aromatic heterocycles. The van der Waals surface area contributed by atoms with E-state index in [1.807, 2.05) is 17.2 Å². The number of benzene rings is 1. The number of carbonyl (C=O) groups excluding carboxylic acids is 1. The highest BCUT2D eigenvalue weighted by atomic mass is 35.5. The summed E-state index contributed by atoms with van der Waals surface area (Å²) in [6.45, 7) is 2.71. The molecule has 4 nitrogen and oxygen atoms in total. The van der Waals surface area contributed by atoms with Crippen molar-refractivity contribution in [3.63, 3.8) is 0 Å². The molecule has 1 saturated carbocycles. The van der Waals surface area contributed by atoms with Gasteiger partial charge in [0.25, 0.3) is 0 Å². The maximum absolute atomic E-state index is 13.0. The van der Waals surface area contributed by atoms with Gasteiger partial charge in [0.15, 0.2) is 0 Å². The monoisotopic (exact) mass is 410 g/mol. The first-order chi connectivity index (χ1) is 12.4. The molecule has 2 aromatic rings. The van der Waals surface area contributed by atoms with Crippen LogP contribution in [-0.2, 0) is 4.79 Å². The van der Waals surface area contributed by atoms with Gasteiger partial charge >= 0.3 is 0 Å². The van der Waals surface area contributed by atoms with Crippen molar-refractivity contribution in [3.05, 3.63) is 33.9 Å². The molecule has 2 bridgehead atoms. The Morgan fingerprint density at radius 2 is 2.19 bits per heavy atom. The van der Waals surface area contributed by atoms with Crippen molar-refractivity contribution < 1.29 is 9.90 Å². The lowest BCUT2D eigenvalue weighted by Gasteiger charge is -2.48. The zero-order chi connectivity index (χ0) is 18.5. The van der Waals surface area contributed by atoms with Crippen LogP contribution in [0.25, 0.3) is 10.9 Å². The zero-order valence-electron chi connectivity index (χ0n) is 14.9. The van der Waals surface area contributed by atoms with Crippen molar-refractivity contribution in [1.29, 1.82) is 0 Å². The molecule has 4 rings (SSSR count). The molecule has 1 aliphatic carbocycles. The van der Waals surface area contributed by atoms with Crippen molar-refractivity contribution in [3.8, 4) is 0 Å². The van der Waals surface area contributed by atoms with Crippen molar-refractivity contribution in [2.45, 2.75) is 70.4 Å². The topological polar surface area (TPSA) is 56.3 Å². The minimum absolute atomic E-state index is 0. The molecule has 3 unspecified atom stereocenters. The van der Waals surface area contributed by atoms with Gasteiger partial charge in [-0.2, -0.15) is 0 Å². The number of aromatic amines is 1. The molecular weight excluding hydrogens is 383 g/mol. The van der Waals surface area contributed by atoms with Crippen molar-refractivity contribution in [2.24, 2.45) is 0 Å². The lowest BCUT2D eigenvalue weighted by atomic mass is 9.76. The Labute approximate surface area is 170 Å². The van der Waals surface area contributed by atoms with Gasteiger partial charge in [-0.15, -0.1) is 0 Å². The maximum Gasteiger partial charge on any atom is 0.223 e. The van der Waals surface area contributed by atoms with Crippen LogP contribution in [0.1, 0.15) is 64.4 Å². The molecule has 0 spiro atoms. The van der Waals surface area contributed by atoms with Crippen LogP contribution >= 0.6 is 23.2 Å². The first-order valence-corrected chi connectivity index (χ1v) is 10.1. The van der Waals surface area contributed by atoms with Crippen LogP contribution in [0.5, 0.6) is 0 Å². The van der Waals surface area contributed by atoms with E-state index >= 15 is 0 Å². The van der Waals surface area contributed by atoms with Gasteiger partial charge in [-0.25, -0.2) is 0 Å². The normalized spacial score (nSPS) is 25.9. The van der Waals surface area contributed by atoms with E-state index in [1.54, 1.807) is 6.07 Å². The molecule has 1 aromatic carbocycles. The number of carbonyl (C=O) groups is 1. The smallest absolute Gasteiger partial charge is 0.223 e. The summed E-state index contributed by atoms with van der Waals surface area (Å²) in [6, 6.07) is 3.87. The van der Waals surface area contributed by atoms with E-state index in [9.17, 15) is 9.90 Å². The minimum Gasteiger partial charge on any atom is -0.390 e. The second-order valence-electron chi connectivity index (χ2n) is 7.94. The van der Waals surface area contributed by atoms with E-state index < -0.39 is 5.60 Å². The summed E-state index contributed by atoms with van der Waals surface area (Å²) in [4.78, 5) is 18.2. The van der Waals surface area contributed by atoms with Crippen molar-refractivity contribution in [2.75, 3.05) is 6.54 Å². The van der Waals surface area contributed by atoms with Crippen LogP contribution in [0, 0.1) is 0 Å². The molecule has 148 valence electrons. The molecular formula is C21H28Cl2N2O2. The number of aromatic nitrogens is 1. The molecule has 1 aliphatic heterocycles. The van der Waals surface area contributed by atoms with Gasteiger partial charge in [0.2, 0.25) is 5.91 Å². The van der Waals surface area contributed by atoms with Crippen LogP contribution in [0.15, 0.2) is 18.3 Å². The predicted molar refractivity (Wildman–Crippen MR) is 112 cm³/mol. The van der Waals surface area contributed by atoms with E-state index in [2.05, 4.69) is 11.9 Å². The lowest BCUT2D eigenvalue weighted by Crippen LogP contribution is -2.55. The average molecular weight is 411 g/mol. The van der Waals surface area contributed by atoms with Gasteiger partial charge in [0.05, 0.1) is 15.6 Å². The average Bonchev–Trinajstić information content (AvgIpc) is 3.02. The van der Waals surface area contributed by atoms with Crippen LogP contribution in [0.4, 0.5) is 0 Å². The second kappa shape index (κ2) is 7.65. The number of nitrogens with zero attached hydrogens (tertiary/aromatic N) is 1. The minimum atomic E-state index is -0.549. The summed E-state index contributed by atoms with van der Waals surface area (Å²) in [6.07, 6.45) is 6.65. The molecule has 6 heteroatoms. The number of piperidine rings is 1. The second-order valence-corrected chi connectivity index (χ2v) is 8.73. The largest absolute Gasteiger partial charge is 0.390 e. The molecule has 27 heavy (non-hydrogen) atoms. The number of aliphatic hydroxyl groups is 1. The summed E-state index contributed by atoms with van der Waals surface area (Å²) < 4.78 is 0. The first kappa shape index (κ1) is 20.5. The summed E-state index contributed by atoms with van der Waals surface area (Å²) in [7, 11) is 0. The first-order valence-electron chi connectivity index (χ1n) is 9.35. The van der Waals surface area contributed by atoms with Gasteiger partial charge in [-0.1, -0.05) is 37.6 Å². The van der Waals surface area contributed by atoms with E-state index in [-0.39, 0.29) is 25.3 Å². The SMILES string of the molecule is C.CC(CC(=O)N1CCC2(O)CCCC1C2)c1c[nH]c2ccc(Cl)c(Cl)c12. The van der Waals surface area contributed by atoms with Gasteiger partial charge < -0.3 is 15.0 Å². The Balaban J connectivity index is 0.00000210.